The normalized spacial score (nSPS) is 23.6. The van der Waals surface area contributed by atoms with Gasteiger partial charge in [0.1, 0.15) is 0 Å². The first kappa shape index (κ1) is 16.5. The molecule has 1 N–H and O–H groups in total. The average Bonchev–Trinajstić information content (AvgIpc) is 3.03. The van der Waals surface area contributed by atoms with E-state index in [1.165, 1.54) is 5.69 Å². The van der Waals surface area contributed by atoms with E-state index in [1.807, 2.05) is 18.6 Å². The van der Waals surface area contributed by atoms with Crippen LogP contribution < -0.4 is 5.32 Å². The third-order valence-electron chi connectivity index (χ3n) is 5.46. The molecule has 4 rings (SSSR count). The Morgan fingerprint density at radius 2 is 2.08 bits per heavy atom. The fourth-order valence-corrected chi connectivity index (χ4v) is 3.94. The van der Waals surface area contributed by atoms with Gasteiger partial charge in [0, 0.05) is 57.9 Å². The number of rotatable bonds is 4. The molecule has 1 unspecified atom stereocenters. The van der Waals surface area contributed by atoms with Crippen molar-refractivity contribution >= 4 is 5.95 Å². The molecule has 25 heavy (non-hydrogen) atoms. The van der Waals surface area contributed by atoms with Crippen molar-refractivity contribution in [1.82, 2.24) is 24.4 Å². The number of piperidine rings is 1. The van der Waals surface area contributed by atoms with Crippen LogP contribution in [0.3, 0.4) is 0 Å². The number of likely N-dealkylation sites (tertiary alicyclic amines) is 1. The summed E-state index contributed by atoms with van der Waals surface area (Å²) in [6.07, 6.45) is 11.6. The van der Waals surface area contributed by atoms with Gasteiger partial charge in [-0.05, 0) is 31.7 Å². The van der Waals surface area contributed by atoms with E-state index in [4.69, 9.17) is 4.74 Å². The van der Waals surface area contributed by atoms with Crippen molar-refractivity contribution < 1.29 is 4.74 Å². The molecule has 2 aliphatic rings. The molecule has 0 aliphatic carbocycles. The van der Waals surface area contributed by atoms with Gasteiger partial charge in [0.25, 0.3) is 0 Å². The summed E-state index contributed by atoms with van der Waals surface area (Å²) in [6.45, 7) is 3.91. The van der Waals surface area contributed by atoms with Gasteiger partial charge in [-0.3, -0.25) is 4.90 Å². The molecule has 0 radical (unpaired) electrons. The Labute approximate surface area is 148 Å². The Morgan fingerprint density at radius 3 is 2.80 bits per heavy atom. The zero-order valence-electron chi connectivity index (χ0n) is 14.8. The number of hydrogen-bond acceptors (Lipinski definition) is 6. The van der Waals surface area contributed by atoms with Gasteiger partial charge in [-0.25, -0.2) is 15.0 Å². The number of anilines is 1. The van der Waals surface area contributed by atoms with Crippen LogP contribution in [0.2, 0.25) is 0 Å². The van der Waals surface area contributed by atoms with Crippen LogP contribution in [0.1, 0.15) is 31.4 Å². The summed E-state index contributed by atoms with van der Waals surface area (Å²) in [5, 5.41) is 3.48. The molecule has 0 aromatic carbocycles. The minimum absolute atomic E-state index is 0.00759. The second-order valence-corrected chi connectivity index (χ2v) is 7.21. The summed E-state index contributed by atoms with van der Waals surface area (Å²) in [4.78, 5) is 15.3. The molecule has 4 heterocycles. The van der Waals surface area contributed by atoms with Crippen LogP contribution >= 0.6 is 0 Å². The van der Waals surface area contributed by atoms with Gasteiger partial charge in [-0.2, -0.15) is 0 Å². The molecule has 1 atom stereocenters. The first-order chi connectivity index (χ1) is 12.2. The number of nitrogens with one attached hydrogen (secondary N) is 1. The smallest absolute Gasteiger partial charge is 0.222 e. The molecule has 2 fully saturated rings. The third-order valence-corrected chi connectivity index (χ3v) is 5.46. The van der Waals surface area contributed by atoms with Crippen LogP contribution in [-0.2, 0) is 18.3 Å². The molecule has 134 valence electrons. The summed E-state index contributed by atoms with van der Waals surface area (Å²) in [5.41, 5.74) is 1.27. The van der Waals surface area contributed by atoms with E-state index < -0.39 is 0 Å². The number of aryl methyl sites for hydroxylation is 1. The molecule has 7 nitrogen and oxygen atoms in total. The second kappa shape index (κ2) is 7.09. The highest BCUT2D eigenvalue weighted by Crippen LogP contribution is 2.36. The quantitative estimate of drug-likeness (QED) is 0.914. The molecule has 2 aromatic rings. The van der Waals surface area contributed by atoms with E-state index in [9.17, 15) is 0 Å². The van der Waals surface area contributed by atoms with Gasteiger partial charge in [-0.1, -0.05) is 0 Å². The van der Waals surface area contributed by atoms with Gasteiger partial charge < -0.3 is 14.6 Å². The van der Waals surface area contributed by atoms with Crippen molar-refractivity contribution in [3.8, 4) is 0 Å². The summed E-state index contributed by atoms with van der Waals surface area (Å²) in [6, 6.07) is 2.23. The van der Waals surface area contributed by atoms with Crippen LogP contribution in [0, 0.1) is 0 Å². The average molecular weight is 342 g/mol. The predicted octanol–water partition coefficient (Wildman–Crippen LogP) is 1.84. The second-order valence-electron chi connectivity index (χ2n) is 7.21. The molecule has 2 aliphatic heterocycles. The van der Waals surface area contributed by atoms with Crippen molar-refractivity contribution in [3.05, 3.63) is 36.7 Å². The molecule has 0 saturated carbocycles. The lowest BCUT2D eigenvalue weighted by molar-refractivity contribution is -0.115. The van der Waals surface area contributed by atoms with Crippen molar-refractivity contribution in [2.75, 3.05) is 25.0 Å². The third kappa shape index (κ3) is 3.82. The van der Waals surface area contributed by atoms with Gasteiger partial charge in [0.05, 0.1) is 17.6 Å². The Kier molecular flexibility index (Phi) is 4.67. The maximum atomic E-state index is 6.26. The van der Waals surface area contributed by atoms with Gasteiger partial charge in [0.2, 0.25) is 5.95 Å². The number of ether oxygens (including phenoxy) is 1. The molecule has 7 heteroatoms. The SMILES string of the molecule is Cn1cncc1CN1CCC2(CC1)CC(Nc1ncccn1)CCO2. The van der Waals surface area contributed by atoms with Crippen LogP contribution in [0.5, 0.6) is 0 Å². The lowest BCUT2D eigenvalue weighted by Crippen LogP contribution is -2.51. The maximum Gasteiger partial charge on any atom is 0.222 e. The van der Waals surface area contributed by atoms with Crippen molar-refractivity contribution in [2.45, 2.75) is 43.9 Å². The van der Waals surface area contributed by atoms with Gasteiger partial charge in [0.15, 0.2) is 0 Å². The van der Waals surface area contributed by atoms with Crippen LogP contribution in [0.4, 0.5) is 5.95 Å². The summed E-state index contributed by atoms with van der Waals surface area (Å²) in [5.74, 6) is 0.721. The fraction of sp³-hybridized carbons (Fsp3) is 0.611. The minimum atomic E-state index is 0.00759. The van der Waals surface area contributed by atoms with Crippen molar-refractivity contribution in [1.29, 1.82) is 0 Å². The molecule has 2 saturated heterocycles. The first-order valence-electron chi connectivity index (χ1n) is 9.08. The Bertz CT molecular complexity index is 680. The van der Waals surface area contributed by atoms with E-state index in [2.05, 4.69) is 36.8 Å². The highest BCUT2D eigenvalue weighted by Gasteiger charge is 2.40. The molecular weight excluding hydrogens is 316 g/mol. The fourth-order valence-electron chi connectivity index (χ4n) is 3.94. The highest BCUT2D eigenvalue weighted by molar-refractivity contribution is 5.25. The van der Waals surface area contributed by atoms with Crippen molar-refractivity contribution in [2.24, 2.45) is 7.05 Å². The molecular formula is C18H26N6O. The standard InChI is InChI=1S/C18H26N6O/c1-23-14-19-12-16(23)13-24-8-4-18(5-9-24)11-15(3-10-25-18)22-17-20-6-2-7-21-17/h2,6-7,12,14-15H,3-5,8-11,13H2,1H3,(H,20,21,22). The zero-order chi connectivity index (χ0) is 17.1. The first-order valence-corrected chi connectivity index (χ1v) is 9.08. The summed E-state index contributed by atoms with van der Waals surface area (Å²) in [7, 11) is 2.06. The number of aromatic nitrogens is 4. The topological polar surface area (TPSA) is 68.1 Å². The Morgan fingerprint density at radius 1 is 1.28 bits per heavy atom. The largest absolute Gasteiger partial charge is 0.375 e. The summed E-state index contributed by atoms with van der Waals surface area (Å²) >= 11 is 0. The van der Waals surface area contributed by atoms with E-state index in [0.29, 0.717) is 6.04 Å². The number of imidazole rings is 1. The lowest BCUT2D eigenvalue weighted by atomic mass is 9.82. The van der Waals surface area contributed by atoms with E-state index >= 15 is 0 Å². The van der Waals surface area contributed by atoms with Crippen molar-refractivity contribution in [3.63, 3.8) is 0 Å². The van der Waals surface area contributed by atoms with Gasteiger partial charge >= 0.3 is 0 Å². The lowest BCUT2D eigenvalue weighted by Gasteiger charge is -2.46. The van der Waals surface area contributed by atoms with E-state index in [1.54, 1.807) is 12.4 Å². The molecule has 1 spiro atoms. The maximum absolute atomic E-state index is 6.26. The summed E-state index contributed by atoms with van der Waals surface area (Å²) < 4.78 is 8.36. The number of nitrogens with zero attached hydrogens (tertiary/aromatic N) is 5. The van der Waals surface area contributed by atoms with Crippen LogP contribution in [0.15, 0.2) is 31.0 Å². The Balaban J connectivity index is 1.33. The Hall–Kier alpha value is -1.99. The van der Waals surface area contributed by atoms with Gasteiger partial charge in [-0.15, -0.1) is 0 Å². The molecule has 0 amide bonds. The van der Waals surface area contributed by atoms with E-state index in [-0.39, 0.29) is 5.60 Å². The van der Waals surface area contributed by atoms with E-state index in [0.717, 1.165) is 57.9 Å². The van der Waals surface area contributed by atoms with Crippen LogP contribution in [-0.4, -0.2) is 55.8 Å². The zero-order valence-corrected chi connectivity index (χ0v) is 14.8. The molecule has 2 aromatic heterocycles. The predicted molar refractivity (Wildman–Crippen MR) is 95.1 cm³/mol. The minimum Gasteiger partial charge on any atom is -0.375 e. The monoisotopic (exact) mass is 342 g/mol. The van der Waals surface area contributed by atoms with Crippen LogP contribution in [0.25, 0.3) is 0 Å². The molecule has 0 bridgehead atoms. The highest BCUT2D eigenvalue weighted by atomic mass is 16.5. The number of hydrogen-bond donors (Lipinski definition) is 1.